The second-order valence-electron chi connectivity index (χ2n) is 18.0. The lowest BCUT2D eigenvalue weighted by atomic mass is 10.0. The number of fused-ring (bicyclic) bond motifs is 5. The van der Waals surface area contributed by atoms with Gasteiger partial charge in [0.2, 0.25) is 6.79 Å². The van der Waals surface area contributed by atoms with Gasteiger partial charge in [0, 0.05) is 35.0 Å². The molecule has 73 heavy (non-hydrogen) atoms. The normalized spacial score (nSPS) is 14.4. The van der Waals surface area contributed by atoms with Gasteiger partial charge in [0.05, 0.1) is 45.4 Å². The van der Waals surface area contributed by atoms with Gasteiger partial charge < -0.3 is 39.4 Å². The number of ether oxygens (including phenoxy) is 5. The molecule has 4 heterocycles. The van der Waals surface area contributed by atoms with Crippen molar-refractivity contribution in [2.24, 2.45) is 0 Å². The molecule has 0 fully saturated rings. The van der Waals surface area contributed by atoms with Gasteiger partial charge in [-0.1, -0.05) is 60.7 Å². The highest BCUT2D eigenvalue weighted by Crippen LogP contribution is 2.44. The van der Waals surface area contributed by atoms with E-state index in [4.69, 9.17) is 33.7 Å². The smallest absolute Gasteiger partial charge is 0.339 e. The Kier molecular flexibility index (Phi) is 12.3. The van der Waals surface area contributed by atoms with E-state index >= 15 is 0 Å². The number of esters is 2. The zero-order valence-corrected chi connectivity index (χ0v) is 39.6. The average Bonchev–Trinajstić information content (AvgIpc) is 4.23. The van der Waals surface area contributed by atoms with E-state index in [2.05, 4.69) is 15.7 Å². The van der Waals surface area contributed by atoms with Crippen LogP contribution in [0.4, 0.5) is 11.5 Å². The number of phenols is 1. The summed E-state index contributed by atoms with van der Waals surface area (Å²) in [5.41, 5.74) is 8.79. The molecule has 0 atom stereocenters. The van der Waals surface area contributed by atoms with Crippen molar-refractivity contribution in [1.29, 1.82) is 0 Å². The lowest BCUT2D eigenvalue weighted by molar-refractivity contribution is -0.119. The van der Waals surface area contributed by atoms with Gasteiger partial charge in [-0.2, -0.15) is 5.10 Å². The van der Waals surface area contributed by atoms with Crippen LogP contribution in [0.3, 0.4) is 0 Å². The molecule has 0 spiro atoms. The molecule has 11 rings (SSSR count). The molecule has 8 aromatic rings. The number of allylic oxidation sites excluding steroid dienone is 2. The maximum atomic E-state index is 14.0. The minimum Gasteiger partial charge on any atom is -0.508 e. The largest absolute Gasteiger partial charge is 0.508 e. The van der Waals surface area contributed by atoms with E-state index < -0.39 is 37.0 Å². The molecular formula is C57H46N6O10. The third-order valence-corrected chi connectivity index (χ3v) is 12.8. The Morgan fingerprint density at radius 1 is 0.671 bits per heavy atom. The van der Waals surface area contributed by atoms with Crippen LogP contribution in [0.5, 0.6) is 28.7 Å². The van der Waals surface area contributed by atoms with Crippen molar-refractivity contribution >= 4 is 80.4 Å². The third-order valence-electron chi connectivity index (χ3n) is 12.8. The number of para-hydroxylation sites is 2. The number of benzene rings is 5. The summed E-state index contributed by atoms with van der Waals surface area (Å²) in [5, 5.41) is 20.9. The first-order chi connectivity index (χ1) is 35.5. The Bertz CT molecular complexity index is 3600. The molecule has 0 unspecified atom stereocenters. The Morgan fingerprint density at radius 2 is 1.21 bits per heavy atom. The molecule has 5 aromatic carbocycles. The highest BCUT2D eigenvalue weighted by Gasteiger charge is 2.30. The van der Waals surface area contributed by atoms with Crippen molar-refractivity contribution in [3.05, 3.63) is 166 Å². The van der Waals surface area contributed by atoms with Crippen LogP contribution in [0, 0.1) is 0 Å². The number of aromatic nitrogens is 4. The number of phenolic OH excluding ortho intramolecular Hbond substituents is 1. The van der Waals surface area contributed by atoms with E-state index in [-0.39, 0.29) is 30.0 Å². The summed E-state index contributed by atoms with van der Waals surface area (Å²) in [5.74, 6) is -0.104. The maximum Gasteiger partial charge on any atom is 0.339 e. The molecule has 3 aromatic heterocycles. The molecule has 3 aliphatic rings. The Balaban J connectivity index is 0.782. The van der Waals surface area contributed by atoms with Crippen molar-refractivity contribution in [3.63, 3.8) is 0 Å². The molecule has 0 saturated heterocycles. The maximum absolute atomic E-state index is 14.0. The molecule has 3 N–H and O–H groups in total. The lowest BCUT2D eigenvalue weighted by Crippen LogP contribution is -2.23. The van der Waals surface area contributed by atoms with Crippen LogP contribution in [0.25, 0.3) is 45.1 Å². The topological polar surface area (TPSA) is 202 Å². The number of nitrogens with one attached hydrogen (secondary N) is 2. The molecule has 2 amide bonds. The van der Waals surface area contributed by atoms with Gasteiger partial charge in [0.1, 0.15) is 17.3 Å². The summed E-state index contributed by atoms with van der Waals surface area (Å²) < 4.78 is 30.6. The number of anilines is 2. The molecule has 16 heteroatoms. The summed E-state index contributed by atoms with van der Waals surface area (Å²) in [6, 6.07) is 33.9. The van der Waals surface area contributed by atoms with Gasteiger partial charge in [-0.15, -0.1) is 0 Å². The third kappa shape index (κ3) is 9.40. The lowest BCUT2D eigenvalue weighted by Gasteiger charge is -2.15. The number of rotatable bonds is 13. The van der Waals surface area contributed by atoms with Gasteiger partial charge in [0.25, 0.3) is 11.8 Å². The van der Waals surface area contributed by atoms with Gasteiger partial charge in [-0.25, -0.2) is 24.2 Å². The van der Waals surface area contributed by atoms with Crippen LogP contribution in [0.1, 0.15) is 87.1 Å². The summed E-state index contributed by atoms with van der Waals surface area (Å²) in [6.07, 6.45) is 7.99. The first-order valence-corrected chi connectivity index (χ1v) is 23.8. The van der Waals surface area contributed by atoms with Crippen molar-refractivity contribution in [2.45, 2.75) is 45.6 Å². The second kappa shape index (κ2) is 19.5. The zero-order valence-electron chi connectivity index (χ0n) is 39.6. The number of hydrogen-bond acceptors (Lipinski definition) is 13. The SMILES string of the molecule is CC(C)n1nccc1NC(=O)COC(=O)c1c2c(nc3ccccc13)/C(=C/c1ccc(Oc3cc4c(cc3NC(=O)COC(=O)c3c5c(nc6ccccc36)/C(=C/c3ccc(O)cc3)CC5)OCO4)cc1)CC2. The average molecular weight is 975 g/mol. The molecule has 16 nitrogen and oxygen atoms in total. The van der Waals surface area contributed by atoms with Crippen LogP contribution < -0.4 is 24.8 Å². The molecule has 0 bridgehead atoms. The van der Waals surface area contributed by atoms with Crippen molar-refractivity contribution in [3.8, 4) is 28.7 Å². The predicted octanol–water partition coefficient (Wildman–Crippen LogP) is 10.4. The minimum atomic E-state index is -0.648. The van der Waals surface area contributed by atoms with E-state index in [9.17, 15) is 24.3 Å². The summed E-state index contributed by atoms with van der Waals surface area (Å²) in [7, 11) is 0. The fourth-order valence-electron chi connectivity index (χ4n) is 9.46. The van der Waals surface area contributed by atoms with Crippen LogP contribution >= 0.6 is 0 Å². The van der Waals surface area contributed by atoms with Crippen LogP contribution in [-0.2, 0) is 31.9 Å². The van der Waals surface area contributed by atoms with Crippen molar-refractivity contribution in [1.82, 2.24) is 19.7 Å². The van der Waals surface area contributed by atoms with Crippen LogP contribution in [0.15, 0.2) is 121 Å². The molecular weight excluding hydrogens is 929 g/mol. The molecule has 364 valence electrons. The minimum absolute atomic E-state index is 0.0108. The van der Waals surface area contributed by atoms with E-state index in [1.54, 1.807) is 53.3 Å². The zero-order chi connectivity index (χ0) is 50.2. The van der Waals surface area contributed by atoms with Crippen molar-refractivity contribution in [2.75, 3.05) is 30.6 Å². The Morgan fingerprint density at radius 3 is 1.78 bits per heavy atom. The Hall–Kier alpha value is -9.31. The van der Waals surface area contributed by atoms with E-state index in [1.165, 1.54) is 0 Å². The number of aromatic hydroxyl groups is 1. The number of amides is 2. The Labute approximate surface area is 417 Å². The number of carbonyl (C=O) groups is 4. The number of nitrogens with zero attached hydrogens (tertiary/aromatic N) is 4. The van der Waals surface area contributed by atoms with Gasteiger partial charge >= 0.3 is 11.9 Å². The summed E-state index contributed by atoms with van der Waals surface area (Å²) >= 11 is 0. The standard InChI is InChI=1S/C57H46N6O10/c1-32(2)63-49(23-24-58-63)62-51(66)30-70-57(68)53-40-8-4-6-10-44(40)61-55-36(16-22-42(53)55)26-34-13-19-38(20-14-34)73-46-28-48-47(71-31-72-48)27-45(46)59-50(65)29-69-56(67)52-39-7-3-5-9-43(39)60-54-35(15-21-41(52)54)25-33-11-17-37(64)18-12-33/h3-14,17-20,23-28,32,64H,15-16,21-22,29-31H2,1-2H3,(H,59,65)(H,62,66)/b35-25+,36-26+. The quantitative estimate of drug-likeness (QED) is 0.0922. The van der Waals surface area contributed by atoms with Crippen LogP contribution in [-0.4, -0.2) is 68.6 Å². The van der Waals surface area contributed by atoms with Crippen LogP contribution in [0.2, 0.25) is 0 Å². The second-order valence-corrected chi connectivity index (χ2v) is 18.0. The van der Waals surface area contributed by atoms with E-state index in [0.717, 1.165) is 33.4 Å². The van der Waals surface area contributed by atoms with Gasteiger partial charge in [-0.05, 0) is 121 Å². The fourth-order valence-corrected chi connectivity index (χ4v) is 9.46. The fraction of sp³-hybridized carbons (Fsp3) is 0.175. The number of pyridine rings is 2. The van der Waals surface area contributed by atoms with Gasteiger partial charge in [-0.3, -0.25) is 9.59 Å². The summed E-state index contributed by atoms with van der Waals surface area (Å²) in [6.45, 7) is 2.83. The highest BCUT2D eigenvalue weighted by atomic mass is 16.7. The van der Waals surface area contributed by atoms with E-state index in [1.807, 2.05) is 98.8 Å². The molecule has 2 aliphatic carbocycles. The van der Waals surface area contributed by atoms with E-state index in [0.29, 0.717) is 93.1 Å². The first kappa shape index (κ1) is 46.1. The monoisotopic (exact) mass is 974 g/mol. The van der Waals surface area contributed by atoms with Crippen molar-refractivity contribution < 1.29 is 48.0 Å². The molecule has 0 saturated carbocycles. The summed E-state index contributed by atoms with van der Waals surface area (Å²) in [4.78, 5) is 64.1. The number of hydrogen-bond donors (Lipinski definition) is 3. The predicted molar refractivity (Wildman–Crippen MR) is 273 cm³/mol. The first-order valence-electron chi connectivity index (χ1n) is 23.8. The number of carbonyl (C=O) groups excluding carboxylic acids is 4. The molecule has 1 aliphatic heterocycles. The highest BCUT2D eigenvalue weighted by molar-refractivity contribution is 6.09. The molecule has 0 radical (unpaired) electrons. The van der Waals surface area contributed by atoms with Gasteiger partial charge in [0.15, 0.2) is 30.5 Å².